The number of hydrogen-bond donors (Lipinski definition) is 2. The standard InChI is InChI=1S/C14H22ClNO3/c1-9(2)14(3,17)8-19-13-11(15)5-10(7-16)6-12(13)18-4/h5-6,9,17H,7-8,16H2,1-4H3. The first-order chi connectivity index (χ1) is 8.81. The molecule has 0 fully saturated rings. The number of aliphatic hydroxyl groups is 1. The van der Waals surface area contributed by atoms with Crippen molar-refractivity contribution in [2.45, 2.75) is 32.9 Å². The summed E-state index contributed by atoms with van der Waals surface area (Å²) in [5, 5.41) is 10.6. The second-order valence-corrected chi connectivity index (χ2v) is 5.52. The number of methoxy groups -OCH3 is 1. The van der Waals surface area contributed by atoms with Crippen molar-refractivity contribution in [2.75, 3.05) is 13.7 Å². The minimum absolute atomic E-state index is 0.0700. The van der Waals surface area contributed by atoms with E-state index >= 15 is 0 Å². The molecule has 1 aromatic rings. The first kappa shape index (κ1) is 16.1. The highest BCUT2D eigenvalue weighted by Crippen LogP contribution is 2.37. The fourth-order valence-electron chi connectivity index (χ4n) is 1.42. The van der Waals surface area contributed by atoms with Gasteiger partial charge in [0, 0.05) is 6.54 Å². The lowest BCUT2D eigenvalue weighted by Gasteiger charge is -2.28. The minimum Gasteiger partial charge on any atom is -0.493 e. The minimum atomic E-state index is -0.930. The summed E-state index contributed by atoms with van der Waals surface area (Å²) in [6.07, 6.45) is 0. The molecule has 0 aliphatic heterocycles. The lowest BCUT2D eigenvalue weighted by atomic mass is 9.94. The molecule has 19 heavy (non-hydrogen) atoms. The molecule has 1 aromatic carbocycles. The topological polar surface area (TPSA) is 64.7 Å². The molecule has 0 heterocycles. The number of halogens is 1. The molecule has 0 aliphatic rings. The van der Waals surface area contributed by atoms with Crippen LogP contribution in [0.3, 0.4) is 0 Å². The highest BCUT2D eigenvalue weighted by molar-refractivity contribution is 6.32. The van der Waals surface area contributed by atoms with Crippen LogP contribution in [0.25, 0.3) is 0 Å². The summed E-state index contributed by atoms with van der Waals surface area (Å²) in [6.45, 7) is 6.11. The van der Waals surface area contributed by atoms with Crippen molar-refractivity contribution >= 4 is 11.6 Å². The third kappa shape index (κ3) is 4.00. The van der Waals surface area contributed by atoms with Crippen LogP contribution in [0.4, 0.5) is 0 Å². The SMILES string of the molecule is COc1cc(CN)cc(Cl)c1OCC(C)(O)C(C)C. The molecule has 0 aromatic heterocycles. The van der Waals surface area contributed by atoms with Gasteiger partial charge >= 0.3 is 0 Å². The molecule has 0 bridgehead atoms. The molecule has 5 heteroatoms. The van der Waals surface area contributed by atoms with Crippen LogP contribution < -0.4 is 15.2 Å². The van der Waals surface area contributed by atoms with E-state index < -0.39 is 5.60 Å². The number of rotatable bonds is 6. The van der Waals surface area contributed by atoms with Crippen molar-refractivity contribution in [3.8, 4) is 11.5 Å². The molecule has 1 atom stereocenters. The predicted octanol–water partition coefficient (Wildman–Crippen LogP) is 2.59. The zero-order valence-electron chi connectivity index (χ0n) is 11.9. The Bertz CT molecular complexity index is 433. The van der Waals surface area contributed by atoms with Gasteiger partial charge in [-0.1, -0.05) is 25.4 Å². The van der Waals surface area contributed by atoms with Gasteiger partial charge in [0.1, 0.15) is 6.61 Å². The van der Waals surface area contributed by atoms with E-state index in [1.54, 1.807) is 26.2 Å². The summed E-state index contributed by atoms with van der Waals surface area (Å²) in [4.78, 5) is 0. The Balaban J connectivity index is 2.95. The molecule has 0 aliphatic carbocycles. The Morgan fingerprint density at radius 1 is 1.42 bits per heavy atom. The van der Waals surface area contributed by atoms with E-state index in [1.165, 1.54) is 0 Å². The van der Waals surface area contributed by atoms with Crippen molar-refractivity contribution in [3.05, 3.63) is 22.7 Å². The highest BCUT2D eigenvalue weighted by atomic mass is 35.5. The van der Waals surface area contributed by atoms with Crippen molar-refractivity contribution in [3.63, 3.8) is 0 Å². The first-order valence-electron chi connectivity index (χ1n) is 6.23. The molecular formula is C14H22ClNO3. The van der Waals surface area contributed by atoms with Gasteiger partial charge in [0.25, 0.3) is 0 Å². The van der Waals surface area contributed by atoms with Gasteiger partial charge in [-0.3, -0.25) is 0 Å². The molecule has 4 nitrogen and oxygen atoms in total. The van der Waals surface area contributed by atoms with E-state index in [9.17, 15) is 5.11 Å². The van der Waals surface area contributed by atoms with E-state index in [2.05, 4.69) is 0 Å². The van der Waals surface area contributed by atoms with Gasteiger partial charge in [0.15, 0.2) is 11.5 Å². The van der Waals surface area contributed by atoms with E-state index in [1.807, 2.05) is 13.8 Å². The zero-order valence-corrected chi connectivity index (χ0v) is 12.6. The molecule has 3 N–H and O–H groups in total. The Morgan fingerprint density at radius 3 is 2.53 bits per heavy atom. The third-order valence-corrected chi connectivity index (χ3v) is 3.56. The van der Waals surface area contributed by atoms with Gasteiger partial charge in [-0.2, -0.15) is 0 Å². The van der Waals surface area contributed by atoms with Crippen LogP contribution in [-0.4, -0.2) is 24.4 Å². The highest BCUT2D eigenvalue weighted by Gasteiger charge is 2.27. The number of nitrogens with two attached hydrogens (primary N) is 1. The summed E-state index contributed by atoms with van der Waals surface area (Å²) < 4.78 is 10.9. The maximum atomic E-state index is 10.2. The second-order valence-electron chi connectivity index (χ2n) is 5.11. The van der Waals surface area contributed by atoms with Crippen LogP contribution in [0.15, 0.2) is 12.1 Å². The fourth-order valence-corrected chi connectivity index (χ4v) is 1.70. The maximum absolute atomic E-state index is 10.2. The van der Waals surface area contributed by atoms with Crippen LogP contribution in [0.2, 0.25) is 5.02 Å². The van der Waals surface area contributed by atoms with E-state index in [0.717, 1.165) is 5.56 Å². The van der Waals surface area contributed by atoms with Gasteiger partial charge in [0.05, 0.1) is 17.7 Å². The predicted molar refractivity (Wildman–Crippen MR) is 76.9 cm³/mol. The zero-order chi connectivity index (χ0) is 14.6. The van der Waals surface area contributed by atoms with Gasteiger partial charge < -0.3 is 20.3 Å². The summed E-state index contributed by atoms with van der Waals surface area (Å²) in [5.41, 5.74) is 5.52. The van der Waals surface area contributed by atoms with Crippen LogP contribution in [-0.2, 0) is 6.54 Å². The number of ether oxygens (including phenoxy) is 2. The number of benzene rings is 1. The Morgan fingerprint density at radius 2 is 2.05 bits per heavy atom. The monoisotopic (exact) mass is 287 g/mol. The average Bonchev–Trinajstić information content (AvgIpc) is 2.36. The Hall–Kier alpha value is -0.970. The summed E-state index contributed by atoms with van der Waals surface area (Å²) in [7, 11) is 1.54. The first-order valence-corrected chi connectivity index (χ1v) is 6.61. The molecule has 0 spiro atoms. The quantitative estimate of drug-likeness (QED) is 0.844. The normalized spacial score (nSPS) is 14.3. The smallest absolute Gasteiger partial charge is 0.179 e. The molecule has 1 unspecified atom stereocenters. The van der Waals surface area contributed by atoms with E-state index in [-0.39, 0.29) is 12.5 Å². The molecule has 108 valence electrons. The molecular weight excluding hydrogens is 266 g/mol. The van der Waals surface area contributed by atoms with E-state index in [4.69, 9.17) is 26.8 Å². The molecule has 0 saturated carbocycles. The van der Waals surface area contributed by atoms with Gasteiger partial charge in [-0.25, -0.2) is 0 Å². The molecule has 1 rings (SSSR count). The Kier molecular flexibility index (Phi) is 5.47. The van der Waals surface area contributed by atoms with Crippen molar-refractivity contribution < 1.29 is 14.6 Å². The van der Waals surface area contributed by atoms with Crippen LogP contribution in [0.5, 0.6) is 11.5 Å². The van der Waals surface area contributed by atoms with Gasteiger partial charge in [-0.05, 0) is 30.5 Å². The largest absolute Gasteiger partial charge is 0.493 e. The summed E-state index contributed by atoms with van der Waals surface area (Å²) in [5.74, 6) is 1.02. The van der Waals surface area contributed by atoms with Gasteiger partial charge in [-0.15, -0.1) is 0 Å². The maximum Gasteiger partial charge on any atom is 0.179 e. The summed E-state index contributed by atoms with van der Waals surface area (Å²) >= 11 is 6.16. The van der Waals surface area contributed by atoms with Crippen molar-refractivity contribution in [1.29, 1.82) is 0 Å². The lowest BCUT2D eigenvalue weighted by Crippen LogP contribution is -2.37. The Labute approximate surface area is 119 Å². The van der Waals surface area contributed by atoms with Crippen LogP contribution >= 0.6 is 11.6 Å². The average molecular weight is 288 g/mol. The van der Waals surface area contributed by atoms with Crippen LogP contribution in [0.1, 0.15) is 26.3 Å². The van der Waals surface area contributed by atoms with Crippen molar-refractivity contribution in [2.24, 2.45) is 11.7 Å². The second kappa shape index (κ2) is 6.46. The van der Waals surface area contributed by atoms with Gasteiger partial charge in [0.2, 0.25) is 0 Å². The lowest BCUT2D eigenvalue weighted by molar-refractivity contribution is -0.0271. The fraction of sp³-hybridized carbons (Fsp3) is 0.571. The van der Waals surface area contributed by atoms with E-state index in [0.29, 0.717) is 23.1 Å². The van der Waals surface area contributed by atoms with Crippen LogP contribution in [0, 0.1) is 5.92 Å². The molecule has 0 saturated heterocycles. The number of hydrogen-bond acceptors (Lipinski definition) is 4. The molecule has 0 amide bonds. The summed E-state index contributed by atoms with van der Waals surface area (Å²) in [6, 6.07) is 3.52. The third-order valence-electron chi connectivity index (χ3n) is 3.28. The molecule has 0 radical (unpaired) electrons. The van der Waals surface area contributed by atoms with Crippen molar-refractivity contribution in [1.82, 2.24) is 0 Å².